The van der Waals surface area contributed by atoms with Crippen LogP contribution in [-0.2, 0) is 6.54 Å². The molecule has 4 heteroatoms. The van der Waals surface area contributed by atoms with E-state index in [1.54, 1.807) is 7.11 Å². The quantitative estimate of drug-likeness (QED) is 0.803. The maximum absolute atomic E-state index is 5.89. The highest BCUT2D eigenvalue weighted by molar-refractivity contribution is 5.64. The number of aryl methyl sites for hydroxylation is 1. The molecule has 0 saturated heterocycles. The van der Waals surface area contributed by atoms with Crippen molar-refractivity contribution in [2.75, 3.05) is 7.11 Å². The molecule has 0 aliphatic rings. The molecule has 22 heavy (non-hydrogen) atoms. The van der Waals surface area contributed by atoms with Crippen molar-refractivity contribution in [3.63, 3.8) is 0 Å². The van der Waals surface area contributed by atoms with E-state index in [0.29, 0.717) is 6.54 Å². The fraction of sp³-hybridized carbons (Fsp3) is 0.167. The Labute approximate surface area is 130 Å². The van der Waals surface area contributed by atoms with Gasteiger partial charge >= 0.3 is 0 Å². The predicted molar refractivity (Wildman–Crippen MR) is 88.2 cm³/mol. The first-order valence-electron chi connectivity index (χ1n) is 7.21. The fourth-order valence-corrected chi connectivity index (χ4v) is 2.45. The second-order valence-corrected chi connectivity index (χ2v) is 5.22. The molecule has 0 amide bonds. The number of aromatic nitrogens is 2. The van der Waals surface area contributed by atoms with Gasteiger partial charge in [-0.2, -0.15) is 5.10 Å². The summed E-state index contributed by atoms with van der Waals surface area (Å²) < 4.78 is 7.08. The van der Waals surface area contributed by atoms with Crippen molar-refractivity contribution in [3.8, 4) is 22.7 Å². The molecule has 4 nitrogen and oxygen atoms in total. The minimum atomic E-state index is 0.452. The maximum atomic E-state index is 5.89. The fourth-order valence-electron chi connectivity index (χ4n) is 2.45. The molecule has 2 N–H and O–H groups in total. The largest absolute Gasteiger partial charge is 0.497 e. The summed E-state index contributed by atoms with van der Waals surface area (Å²) in [5.74, 6) is 0.830. The van der Waals surface area contributed by atoms with Gasteiger partial charge in [-0.15, -0.1) is 0 Å². The molecule has 3 aromatic rings. The highest BCUT2D eigenvalue weighted by atomic mass is 16.5. The number of hydrogen-bond donors (Lipinski definition) is 1. The summed E-state index contributed by atoms with van der Waals surface area (Å²) in [5.41, 5.74) is 11.1. The van der Waals surface area contributed by atoms with Gasteiger partial charge in [-0.1, -0.05) is 12.1 Å². The summed E-state index contributed by atoms with van der Waals surface area (Å²) >= 11 is 0. The lowest BCUT2D eigenvalue weighted by atomic mass is 10.1. The lowest BCUT2D eigenvalue weighted by Crippen LogP contribution is -1.96. The predicted octanol–water partition coefficient (Wildman–Crippen LogP) is 3.32. The molecule has 0 radical (unpaired) electrons. The molecular weight excluding hydrogens is 274 g/mol. The van der Waals surface area contributed by atoms with E-state index in [4.69, 9.17) is 15.6 Å². The second kappa shape index (κ2) is 6.03. The van der Waals surface area contributed by atoms with Crippen LogP contribution in [0.25, 0.3) is 16.9 Å². The van der Waals surface area contributed by atoms with Gasteiger partial charge in [0.15, 0.2) is 0 Å². The number of hydrogen-bond acceptors (Lipinski definition) is 3. The topological polar surface area (TPSA) is 53.1 Å². The Bertz CT molecular complexity index is 775. The Morgan fingerprint density at radius 1 is 1.14 bits per heavy atom. The summed E-state index contributed by atoms with van der Waals surface area (Å²) in [6, 6.07) is 16.1. The average molecular weight is 293 g/mol. The van der Waals surface area contributed by atoms with Gasteiger partial charge in [0, 0.05) is 23.9 Å². The van der Waals surface area contributed by atoms with E-state index in [1.165, 1.54) is 5.56 Å². The van der Waals surface area contributed by atoms with Gasteiger partial charge < -0.3 is 10.5 Å². The average Bonchev–Trinajstić information content (AvgIpc) is 2.99. The maximum Gasteiger partial charge on any atom is 0.118 e. The van der Waals surface area contributed by atoms with Crippen LogP contribution < -0.4 is 10.5 Å². The van der Waals surface area contributed by atoms with Gasteiger partial charge in [0.25, 0.3) is 0 Å². The van der Waals surface area contributed by atoms with E-state index in [2.05, 4.69) is 19.1 Å². The zero-order valence-corrected chi connectivity index (χ0v) is 12.8. The van der Waals surface area contributed by atoms with Crippen molar-refractivity contribution >= 4 is 0 Å². The Balaban J connectivity index is 2.04. The third-order valence-electron chi connectivity index (χ3n) is 3.64. The molecule has 0 unspecified atom stereocenters. The van der Waals surface area contributed by atoms with Gasteiger partial charge in [0.05, 0.1) is 18.5 Å². The lowest BCUT2D eigenvalue weighted by Gasteiger charge is -2.03. The van der Waals surface area contributed by atoms with E-state index >= 15 is 0 Å². The third kappa shape index (κ3) is 2.73. The first kappa shape index (κ1) is 14.4. The molecule has 1 aromatic heterocycles. The molecule has 2 aromatic carbocycles. The van der Waals surface area contributed by atoms with E-state index in [-0.39, 0.29) is 0 Å². The van der Waals surface area contributed by atoms with Crippen molar-refractivity contribution in [1.29, 1.82) is 0 Å². The van der Waals surface area contributed by atoms with Crippen LogP contribution >= 0.6 is 0 Å². The molecule has 0 spiro atoms. The zero-order chi connectivity index (χ0) is 15.5. The molecule has 112 valence electrons. The standard InChI is InChI=1S/C18H19N3O/c1-13-4-3-5-16(10-13)21-12-15(11-19)18(20-21)14-6-8-17(22-2)9-7-14/h3-10,12H,11,19H2,1-2H3. The monoisotopic (exact) mass is 293 g/mol. The van der Waals surface area contributed by atoms with Crippen molar-refractivity contribution in [2.45, 2.75) is 13.5 Å². The molecule has 0 aliphatic carbocycles. The zero-order valence-electron chi connectivity index (χ0n) is 12.8. The van der Waals surface area contributed by atoms with Crippen LogP contribution in [0.3, 0.4) is 0 Å². The van der Waals surface area contributed by atoms with E-state index in [1.807, 2.05) is 47.3 Å². The first-order valence-corrected chi connectivity index (χ1v) is 7.21. The van der Waals surface area contributed by atoms with Gasteiger partial charge in [-0.3, -0.25) is 0 Å². The number of nitrogens with zero attached hydrogens (tertiary/aromatic N) is 2. The van der Waals surface area contributed by atoms with Crippen LogP contribution in [0.5, 0.6) is 5.75 Å². The summed E-state index contributed by atoms with van der Waals surface area (Å²) in [5, 5.41) is 4.71. The highest BCUT2D eigenvalue weighted by Gasteiger charge is 2.11. The van der Waals surface area contributed by atoms with Gasteiger partial charge in [-0.25, -0.2) is 4.68 Å². The second-order valence-electron chi connectivity index (χ2n) is 5.22. The van der Waals surface area contributed by atoms with E-state index in [0.717, 1.165) is 28.3 Å². The normalized spacial score (nSPS) is 10.7. The number of ether oxygens (including phenoxy) is 1. The number of rotatable bonds is 4. The Morgan fingerprint density at radius 3 is 2.55 bits per heavy atom. The summed E-state index contributed by atoms with van der Waals surface area (Å²) in [4.78, 5) is 0. The number of nitrogens with two attached hydrogens (primary N) is 1. The summed E-state index contributed by atoms with van der Waals surface area (Å²) in [7, 11) is 1.66. The minimum Gasteiger partial charge on any atom is -0.497 e. The van der Waals surface area contributed by atoms with Crippen LogP contribution in [0.1, 0.15) is 11.1 Å². The molecule has 0 fully saturated rings. The highest BCUT2D eigenvalue weighted by Crippen LogP contribution is 2.25. The smallest absolute Gasteiger partial charge is 0.118 e. The molecule has 0 bridgehead atoms. The van der Waals surface area contributed by atoms with E-state index < -0.39 is 0 Å². The van der Waals surface area contributed by atoms with Crippen molar-refractivity contribution in [2.24, 2.45) is 5.73 Å². The van der Waals surface area contributed by atoms with Gasteiger partial charge in [-0.05, 0) is 48.9 Å². The van der Waals surface area contributed by atoms with E-state index in [9.17, 15) is 0 Å². The SMILES string of the molecule is COc1ccc(-c2nn(-c3cccc(C)c3)cc2CN)cc1. The van der Waals surface area contributed by atoms with Crippen molar-refractivity contribution in [1.82, 2.24) is 9.78 Å². The van der Waals surface area contributed by atoms with Crippen LogP contribution in [0.4, 0.5) is 0 Å². The molecule has 0 aliphatic heterocycles. The van der Waals surface area contributed by atoms with Crippen molar-refractivity contribution in [3.05, 3.63) is 65.9 Å². The number of benzene rings is 2. The van der Waals surface area contributed by atoms with Crippen LogP contribution in [-0.4, -0.2) is 16.9 Å². The van der Waals surface area contributed by atoms with Crippen LogP contribution in [0, 0.1) is 6.92 Å². The Morgan fingerprint density at radius 2 is 1.91 bits per heavy atom. The molecule has 3 rings (SSSR count). The van der Waals surface area contributed by atoms with Gasteiger partial charge in [0.2, 0.25) is 0 Å². The summed E-state index contributed by atoms with van der Waals surface area (Å²) in [6.07, 6.45) is 1.99. The van der Waals surface area contributed by atoms with Crippen LogP contribution in [0.2, 0.25) is 0 Å². The Hall–Kier alpha value is -2.59. The molecular formula is C18H19N3O. The Kier molecular flexibility index (Phi) is 3.94. The third-order valence-corrected chi connectivity index (χ3v) is 3.64. The summed E-state index contributed by atoms with van der Waals surface area (Å²) in [6.45, 7) is 2.52. The van der Waals surface area contributed by atoms with Crippen LogP contribution in [0.15, 0.2) is 54.7 Å². The van der Waals surface area contributed by atoms with Crippen molar-refractivity contribution < 1.29 is 4.74 Å². The molecule has 1 heterocycles. The first-order chi connectivity index (χ1) is 10.7. The molecule has 0 saturated carbocycles. The van der Waals surface area contributed by atoms with Gasteiger partial charge in [0.1, 0.15) is 5.75 Å². The lowest BCUT2D eigenvalue weighted by molar-refractivity contribution is 0.415. The molecule has 0 atom stereocenters. The number of methoxy groups -OCH3 is 1. The minimum absolute atomic E-state index is 0.452.